The number of methoxy groups -OCH3 is 2. The van der Waals surface area contributed by atoms with Crippen molar-refractivity contribution in [2.75, 3.05) is 44.8 Å². The average molecular weight is 561 g/mol. The van der Waals surface area contributed by atoms with Crippen molar-refractivity contribution < 1.29 is 36.6 Å². The lowest BCUT2D eigenvalue weighted by Gasteiger charge is -2.27. The van der Waals surface area contributed by atoms with Gasteiger partial charge in [-0.1, -0.05) is 32.1 Å². The van der Waals surface area contributed by atoms with Gasteiger partial charge in [0, 0.05) is 12.5 Å². The summed E-state index contributed by atoms with van der Waals surface area (Å²) in [6.07, 6.45) is 3.52. The highest BCUT2D eigenvalue weighted by Gasteiger charge is 2.47. The quantitative estimate of drug-likeness (QED) is 0.382. The van der Waals surface area contributed by atoms with Crippen LogP contribution >= 0.6 is 0 Å². The highest BCUT2D eigenvalue weighted by atomic mass is 32.2. The number of carbonyl (C=O) groups is 2. The molecule has 1 aliphatic heterocycles. The Morgan fingerprint density at radius 1 is 1.13 bits per heavy atom. The summed E-state index contributed by atoms with van der Waals surface area (Å²) in [4.78, 5) is 27.9. The molecule has 2 atom stereocenters. The maximum absolute atomic E-state index is 14.3. The van der Waals surface area contributed by atoms with Crippen LogP contribution in [0.25, 0.3) is 6.08 Å². The molecular weight excluding hydrogens is 527 g/mol. The molecule has 0 bridgehead atoms. The van der Waals surface area contributed by atoms with Crippen LogP contribution < -0.4 is 9.04 Å². The summed E-state index contributed by atoms with van der Waals surface area (Å²) in [5, 5.41) is 0. The Balaban J connectivity index is 1.81. The number of halogens is 1. The zero-order chi connectivity index (χ0) is 28.3. The highest BCUT2D eigenvalue weighted by Crippen LogP contribution is 2.56. The first-order chi connectivity index (χ1) is 18.7. The van der Waals surface area contributed by atoms with Crippen LogP contribution in [0.4, 0.5) is 14.9 Å². The van der Waals surface area contributed by atoms with E-state index in [1.54, 1.807) is 12.1 Å². The second kappa shape index (κ2) is 11.7. The molecule has 9 nitrogen and oxygen atoms in total. The Labute approximate surface area is 228 Å². The number of ether oxygens (including phenoxy) is 3. The lowest BCUT2D eigenvalue weighted by Crippen LogP contribution is -2.38. The van der Waals surface area contributed by atoms with E-state index >= 15 is 0 Å². The number of benzene rings is 2. The normalized spacial score (nSPS) is 17.8. The first-order valence-corrected chi connectivity index (χ1v) is 14.3. The van der Waals surface area contributed by atoms with Crippen molar-refractivity contribution in [1.29, 1.82) is 0 Å². The van der Waals surface area contributed by atoms with Crippen LogP contribution in [-0.2, 0) is 19.5 Å². The molecule has 2 aromatic rings. The fourth-order valence-corrected chi connectivity index (χ4v) is 6.45. The number of fused-ring (bicyclic) bond motifs is 3. The summed E-state index contributed by atoms with van der Waals surface area (Å²) in [5.74, 6) is -0.777. The van der Waals surface area contributed by atoms with Crippen molar-refractivity contribution in [3.05, 3.63) is 58.9 Å². The highest BCUT2D eigenvalue weighted by molar-refractivity contribution is 7.93. The molecule has 0 aromatic heterocycles. The third-order valence-corrected chi connectivity index (χ3v) is 8.93. The minimum Gasteiger partial charge on any atom is -0.492 e. The molecule has 1 amide bonds. The summed E-state index contributed by atoms with van der Waals surface area (Å²) in [6, 6.07) is 6.21. The van der Waals surface area contributed by atoms with Gasteiger partial charge < -0.3 is 19.1 Å². The molecule has 210 valence electrons. The number of nitrogens with zero attached hydrogens (tertiary/aromatic N) is 2. The third kappa shape index (κ3) is 5.65. The first-order valence-electron chi connectivity index (χ1n) is 12.9. The minimum atomic E-state index is -4.70. The number of carbonyl (C=O) groups excluding carboxylic acids is 2. The van der Waals surface area contributed by atoms with E-state index < -0.39 is 27.9 Å². The molecule has 0 N–H and O–H groups in total. The number of hydrogen-bond donors (Lipinski definition) is 0. The Bertz CT molecular complexity index is 1390. The van der Waals surface area contributed by atoms with Gasteiger partial charge in [-0.15, -0.1) is 0 Å². The van der Waals surface area contributed by atoms with Gasteiger partial charge in [0.1, 0.15) is 17.1 Å². The van der Waals surface area contributed by atoms with Crippen LogP contribution in [0.2, 0.25) is 0 Å². The summed E-state index contributed by atoms with van der Waals surface area (Å²) < 4.78 is 58.5. The van der Waals surface area contributed by atoms with Gasteiger partial charge in [-0.25, -0.2) is 22.4 Å². The number of anilines is 1. The van der Waals surface area contributed by atoms with Crippen molar-refractivity contribution in [2.45, 2.75) is 37.5 Å². The Hall–Kier alpha value is -3.44. The molecule has 2 unspecified atom stereocenters. The van der Waals surface area contributed by atoms with Gasteiger partial charge in [0.15, 0.2) is 0 Å². The number of rotatable bonds is 10. The molecule has 0 saturated heterocycles. The maximum atomic E-state index is 14.3. The van der Waals surface area contributed by atoms with Crippen LogP contribution in [0.15, 0.2) is 41.3 Å². The number of sulfonamides is 1. The zero-order valence-corrected chi connectivity index (χ0v) is 23.3. The molecular formula is C28H33FN2O7S. The molecule has 1 heterocycles. The Morgan fingerprint density at radius 3 is 2.54 bits per heavy atom. The van der Waals surface area contributed by atoms with Crippen LogP contribution in [-0.4, -0.2) is 65.8 Å². The van der Waals surface area contributed by atoms with Gasteiger partial charge in [-0.3, -0.25) is 0 Å². The van der Waals surface area contributed by atoms with E-state index in [1.807, 2.05) is 13.8 Å². The van der Waals surface area contributed by atoms with Gasteiger partial charge in [-0.2, -0.15) is 4.31 Å². The van der Waals surface area contributed by atoms with Crippen LogP contribution in [0.5, 0.6) is 5.75 Å². The lowest BCUT2D eigenvalue weighted by atomic mass is 10.00. The number of esters is 1. The fourth-order valence-electron chi connectivity index (χ4n) is 4.91. The fraction of sp³-hybridized carbons (Fsp3) is 0.429. The van der Waals surface area contributed by atoms with Crippen molar-refractivity contribution in [2.24, 2.45) is 5.92 Å². The van der Waals surface area contributed by atoms with Crippen molar-refractivity contribution in [1.82, 2.24) is 4.90 Å². The van der Waals surface area contributed by atoms with E-state index in [4.69, 9.17) is 14.2 Å². The largest absolute Gasteiger partial charge is 0.492 e. The summed E-state index contributed by atoms with van der Waals surface area (Å²) in [7, 11) is -2.51. The van der Waals surface area contributed by atoms with Crippen molar-refractivity contribution >= 4 is 33.8 Å². The predicted molar refractivity (Wildman–Crippen MR) is 144 cm³/mol. The molecule has 1 aliphatic carbocycles. The van der Waals surface area contributed by atoms with E-state index in [-0.39, 0.29) is 33.4 Å². The van der Waals surface area contributed by atoms with E-state index in [9.17, 15) is 22.4 Å². The smallest absolute Gasteiger partial charge is 0.428 e. The summed E-state index contributed by atoms with van der Waals surface area (Å²) in [5.41, 5.74) is 0.356. The monoisotopic (exact) mass is 560 g/mol. The van der Waals surface area contributed by atoms with Gasteiger partial charge in [0.05, 0.1) is 31.4 Å². The lowest BCUT2D eigenvalue weighted by molar-refractivity contribution is 0.0596. The number of hydrogen-bond acceptors (Lipinski definition) is 8. The molecule has 11 heteroatoms. The number of amides is 1. The molecule has 4 rings (SSSR count). The summed E-state index contributed by atoms with van der Waals surface area (Å²) in [6.45, 7) is 6.94. The second-order valence-electron chi connectivity index (χ2n) is 9.42. The zero-order valence-electron chi connectivity index (χ0n) is 22.5. The van der Waals surface area contributed by atoms with Gasteiger partial charge in [0.2, 0.25) is 0 Å². The Kier molecular flexibility index (Phi) is 8.60. The van der Waals surface area contributed by atoms with Gasteiger partial charge in [-0.05, 0) is 67.2 Å². The van der Waals surface area contributed by atoms with Gasteiger partial charge >= 0.3 is 12.1 Å². The Morgan fingerprint density at radius 2 is 1.87 bits per heavy atom. The third-order valence-electron chi connectivity index (χ3n) is 7.17. The van der Waals surface area contributed by atoms with E-state index in [0.29, 0.717) is 23.3 Å². The molecule has 1 saturated carbocycles. The SMILES string of the molecule is CCN(CC)CCC=Cc1cc(F)ccc1S(=O)(=O)N(C(=O)OC)c1ccc2c(c1C(=O)OC)OCC1CC21. The van der Waals surface area contributed by atoms with Crippen molar-refractivity contribution in [3.63, 3.8) is 0 Å². The molecule has 1 fully saturated rings. The average Bonchev–Trinajstić information content (AvgIpc) is 3.72. The standard InChI is InChI=1S/C28H33FN2O7S/c1-5-30(6-2)14-8-7-9-18-15-20(29)10-13-24(18)39(34,35)31(28(33)37-4)23-12-11-21-22-16-19(22)17-38-26(21)25(23)27(32)36-3/h7,9-13,15,19,22H,5-6,8,14,16-17H2,1-4H3. The van der Waals surface area contributed by atoms with Crippen LogP contribution in [0.1, 0.15) is 54.1 Å². The molecule has 2 aromatic carbocycles. The van der Waals surface area contributed by atoms with Crippen molar-refractivity contribution in [3.8, 4) is 5.75 Å². The molecule has 2 aliphatic rings. The first kappa shape index (κ1) is 28.6. The topological polar surface area (TPSA) is 102 Å². The van der Waals surface area contributed by atoms with E-state index in [0.717, 1.165) is 64.0 Å². The maximum Gasteiger partial charge on any atom is 0.428 e. The van der Waals surface area contributed by atoms with Gasteiger partial charge in [0.25, 0.3) is 10.0 Å². The second-order valence-corrected chi connectivity index (χ2v) is 11.2. The summed E-state index contributed by atoms with van der Waals surface area (Å²) >= 11 is 0. The van der Waals surface area contributed by atoms with Crippen LogP contribution in [0.3, 0.4) is 0 Å². The van der Waals surface area contributed by atoms with E-state index in [2.05, 4.69) is 4.90 Å². The molecule has 0 spiro atoms. The molecule has 0 radical (unpaired) electrons. The van der Waals surface area contributed by atoms with Crippen LogP contribution in [0, 0.1) is 11.7 Å². The molecule has 39 heavy (non-hydrogen) atoms. The van der Waals surface area contributed by atoms with E-state index in [1.165, 1.54) is 12.1 Å². The predicted octanol–water partition coefficient (Wildman–Crippen LogP) is 4.82. The minimum absolute atomic E-state index is 0.0538.